The van der Waals surface area contributed by atoms with Gasteiger partial charge in [-0.3, -0.25) is 24.1 Å². The summed E-state index contributed by atoms with van der Waals surface area (Å²) >= 11 is 0. The normalized spacial score (nSPS) is 14.3. The highest BCUT2D eigenvalue weighted by molar-refractivity contribution is 5.95. The van der Waals surface area contributed by atoms with E-state index in [1.54, 1.807) is 95.4 Å². The fourth-order valence-corrected chi connectivity index (χ4v) is 6.44. The molecule has 14 nitrogen and oxygen atoms in total. The monoisotopic (exact) mass is 805 g/mol. The Morgan fingerprint density at radius 1 is 0.690 bits per heavy atom. The van der Waals surface area contributed by atoms with Crippen molar-refractivity contribution < 1.29 is 48.4 Å². The van der Waals surface area contributed by atoms with Gasteiger partial charge in [-0.05, 0) is 85.9 Å². The van der Waals surface area contributed by atoms with Crippen molar-refractivity contribution in [2.45, 2.75) is 83.6 Å². The molecule has 14 heteroatoms. The van der Waals surface area contributed by atoms with Crippen LogP contribution in [0.15, 0.2) is 72.8 Å². The molecule has 0 aromatic heterocycles. The minimum atomic E-state index is -1.22. The summed E-state index contributed by atoms with van der Waals surface area (Å²) in [6.07, 6.45) is -0.295. The Bertz CT molecular complexity index is 1820. The quantitative estimate of drug-likeness (QED) is 0.126. The lowest BCUT2D eigenvalue weighted by Gasteiger charge is -2.36. The van der Waals surface area contributed by atoms with E-state index in [-0.39, 0.29) is 18.6 Å². The molecule has 0 heterocycles. The number of amides is 3. The standard InChI is InChI=1S/C44H60N4O10/c1-11-28(4)39(58-44(55)36(46(5)6)25-31-16-22-34(56-9)23-17-31)40(51)45-38(27(2)3)42(53)47(7)35(24-29-12-18-32(49)19-13-29)41(52)48(8)37(43(54)57-10)26-30-14-20-33(50)21-15-30/h12-23,27-28,35-39,49-50H,11,24-26H2,1-10H3,(H,45,51)/p+1/t28-,35-,36+,37-,38-,39-/m1/s1. The molecule has 0 saturated carbocycles. The van der Waals surface area contributed by atoms with Crippen LogP contribution in [-0.2, 0) is 52.7 Å². The van der Waals surface area contributed by atoms with E-state index >= 15 is 0 Å². The molecule has 0 aliphatic heterocycles. The number of nitrogens with one attached hydrogen (secondary N) is 1. The summed E-state index contributed by atoms with van der Waals surface area (Å²) < 4.78 is 16.3. The maximum Gasteiger partial charge on any atom is 0.328 e. The van der Waals surface area contributed by atoms with Crippen LogP contribution in [0, 0.1) is 11.8 Å². The molecule has 0 radical (unpaired) electrons. The fourth-order valence-electron chi connectivity index (χ4n) is 6.44. The highest BCUT2D eigenvalue weighted by Crippen LogP contribution is 2.22. The van der Waals surface area contributed by atoms with Gasteiger partial charge in [0.05, 0.1) is 14.2 Å². The van der Waals surface area contributed by atoms with Gasteiger partial charge < -0.3 is 39.5 Å². The first-order chi connectivity index (χ1) is 27.4. The number of ether oxygens (including phenoxy) is 3. The lowest BCUT2D eigenvalue weighted by atomic mass is 9.96. The molecule has 0 saturated heterocycles. The topological polar surface area (TPSA) is 178 Å². The molecule has 3 rings (SSSR count). The van der Waals surface area contributed by atoms with E-state index in [2.05, 4.69) is 5.32 Å². The summed E-state index contributed by atoms with van der Waals surface area (Å²) in [5.41, 5.74) is 2.20. The first-order valence-corrected chi connectivity index (χ1v) is 19.4. The van der Waals surface area contributed by atoms with Crippen LogP contribution < -0.4 is 10.1 Å². The minimum absolute atomic E-state index is 0.0130. The third-order valence-corrected chi connectivity index (χ3v) is 10.5. The molecule has 3 aromatic rings. The Balaban J connectivity index is 1.92. The van der Waals surface area contributed by atoms with E-state index in [0.29, 0.717) is 35.5 Å². The van der Waals surface area contributed by atoms with Gasteiger partial charge in [0, 0.05) is 45.0 Å². The zero-order valence-corrected chi connectivity index (χ0v) is 35.4. The van der Waals surface area contributed by atoms with E-state index < -0.39 is 71.8 Å². The second kappa shape index (κ2) is 21.8. The average molecular weight is 806 g/mol. The van der Waals surface area contributed by atoms with Crippen molar-refractivity contribution in [2.24, 2.45) is 11.8 Å². The molecule has 0 aliphatic carbocycles. The Morgan fingerprint density at radius 2 is 1.17 bits per heavy atom. The van der Waals surface area contributed by atoms with E-state index in [0.717, 1.165) is 5.56 Å². The number of hydrogen-bond acceptors (Lipinski definition) is 10. The Labute approximate surface area is 342 Å². The molecule has 4 N–H and O–H groups in total. The van der Waals surface area contributed by atoms with E-state index in [9.17, 15) is 29.1 Å². The molecule has 0 fully saturated rings. The average Bonchev–Trinajstić information content (AvgIpc) is 3.21. The molecular formula is C44H61N4O10+. The molecule has 3 amide bonds. The largest absolute Gasteiger partial charge is 0.593 e. The Morgan fingerprint density at radius 3 is 1.66 bits per heavy atom. The number of nitrogens with zero attached hydrogens (tertiary/aromatic N) is 3. The summed E-state index contributed by atoms with van der Waals surface area (Å²) in [4.78, 5) is 74.3. The number of benzene rings is 3. The maximum atomic E-state index is 14.5. The molecule has 58 heavy (non-hydrogen) atoms. The van der Waals surface area contributed by atoms with Crippen molar-refractivity contribution in [3.63, 3.8) is 0 Å². The zero-order chi connectivity index (χ0) is 43.3. The Kier molecular flexibility index (Phi) is 17.5. The molecule has 0 unspecified atom stereocenters. The number of rotatable bonds is 20. The number of phenolic OH excluding ortho intramolecular Hbond substituents is 1. The van der Waals surface area contributed by atoms with Gasteiger partial charge in [0.25, 0.3) is 11.7 Å². The van der Waals surface area contributed by atoms with Crippen molar-refractivity contribution in [3.05, 3.63) is 89.5 Å². The fraction of sp³-hybridized carbons (Fsp3) is 0.477. The number of hydrogen-bond donors (Lipinski definition) is 2. The van der Waals surface area contributed by atoms with Gasteiger partial charge in [-0.2, -0.15) is 0 Å². The molecule has 0 spiro atoms. The van der Waals surface area contributed by atoms with Gasteiger partial charge in [0.15, 0.2) is 6.10 Å². The van der Waals surface area contributed by atoms with E-state index in [1.807, 2.05) is 19.1 Å². The third kappa shape index (κ3) is 12.7. The maximum absolute atomic E-state index is 14.5. The van der Waals surface area contributed by atoms with Gasteiger partial charge in [-0.15, -0.1) is 0 Å². The first-order valence-electron chi connectivity index (χ1n) is 19.4. The van der Waals surface area contributed by atoms with Crippen LogP contribution in [-0.4, -0.2) is 127 Å². The summed E-state index contributed by atoms with van der Waals surface area (Å²) in [7, 11) is 9.25. The lowest BCUT2D eigenvalue weighted by Crippen LogP contribution is -2.59. The number of likely N-dealkylation sites (N-methyl/N-ethyl adjacent to an activating group) is 3. The number of aromatic hydroxyl groups is 1. The van der Waals surface area contributed by atoms with E-state index in [4.69, 9.17) is 19.3 Å². The third-order valence-electron chi connectivity index (χ3n) is 10.5. The molecular weight excluding hydrogens is 745 g/mol. The van der Waals surface area contributed by atoms with Crippen LogP contribution in [0.3, 0.4) is 0 Å². The summed E-state index contributed by atoms with van der Waals surface area (Å²) in [6.45, 7) is 7.19. The van der Waals surface area contributed by atoms with Crippen LogP contribution in [0.25, 0.3) is 0 Å². The number of carbonyl (C=O) groups excluding carboxylic acids is 5. The summed E-state index contributed by atoms with van der Waals surface area (Å²) in [5, 5.41) is 20.6. The highest BCUT2D eigenvalue weighted by atomic mass is 16.6. The number of carbonyl (C=O) groups is 5. The predicted molar refractivity (Wildman–Crippen MR) is 220 cm³/mol. The van der Waals surface area contributed by atoms with Gasteiger partial charge in [0.1, 0.15) is 35.7 Å². The van der Waals surface area contributed by atoms with Crippen LogP contribution in [0.5, 0.6) is 17.2 Å². The smallest absolute Gasteiger partial charge is 0.328 e. The van der Waals surface area contributed by atoms with Crippen LogP contribution in [0.1, 0.15) is 50.8 Å². The summed E-state index contributed by atoms with van der Waals surface area (Å²) in [6, 6.07) is 16.0. The van der Waals surface area contributed by atoms with E-state index in [1.165, 1.54) is 43.1 Å². The van der Waals surface area contributed by atoms with Crippen molar-refractivity contribution in [3.8, 4) is 17.2 Å². The van der Waals surface area contributed by atoms with Crippen LogP contribution >= 0.6 is 0 Å². The van der Waals surface area contributed by atoms with Gasteiger partial charge in [0.2, 0.25) is 11.8 Å². The van der Waals surface area contributed by atoms with Crippen molar-refractivity contribution >= 4 is 29.7 Å². The van der Waals surface area contributed by atoms with Gasteiger partial charge in [-0.25, -0.2) is 4.79 Å². The SMILES string of the molecule is CC[C@@H](C)[C@@H](OC(=O)[C@H](Cc1ccc(OC)cc1)N(C)C)C(=O)N[C@@H](C(=O)N(C)[C@H](Cc1ccc(O)cc1)C(=O)N(C)[C@H](Cc1ccc([OH2+])cc1)C(=O)OC)C(C)C. The second-order valence-electron chi connectivity index (χ2n) is 15.2. The molecule has 0 bridgehead atoms. The Hall–Kier alpha value is -5.63. The minimum Gasteiger partial charge on any atom is -0.593 e. The molecule has 316 valence electrons. The zero-order valence-electron chi connectivity index (χ0n) is 35.4. The number of methoxy groups -OCH3 is 2. The predicted octanol–water partition coefficient (Wildman–Crippen LogP) is 3.72. The molecule has 6 atom stereocenters. The van der Waals surface area contributed by atoms with Crippen molar-refractivity contribution in [1.29, 1.82) is 0 Å². The highest BCUT2D eigenvalue weighted by Gasteiger charge is 2.40. The number of esters is 2. The number of phenols is 1. The summed E-state index contributed by atoms with van der Waals surface area (Å²) in [5.74, 6) is -2.91. The first kappa shape index (κ1) is 46.8. The molecule has 0 aliphatic rings. The van der Waals surface area contributed by atoms with Gasteiger partial charge >= 0.3 is 11.9 Å². The second-order valence-corrected chi connectivity index (χ2v) is 15.2. The van der Waals surface area contributed by atoms with Crippen molar-refractivity contribution in [1.82, 2.24) is 20.0 Å². The van der Waals surface area contributed by atoms with Crippen LogP contribution in [0.4, 0.5) is 0 Å². The lowest BCUT2D eigenvalue weighted by molar-refractivity contribution is -0.164. The van der Waals surface area contributed by atoms with Crippen LogP contribution in [0.2, 0.25) is 0 Å². The molecule has 3 aromatic carbocycles. The van der Waals surface area contributed by atoms with Gasteiger partial charge in [-0.1, -0.05) is 52.0 Å². The van der Waals surface area contributed by atoms with Crippen molar-refractivity contribution in [2.75, 3.05) is 42.4 Å².